The fraction of sp³-hybridized carbons (Fsp3) is 0.136. The first kappa shape index (κ1) is 21.3. The predicted molar refractivity (Wildman–Crippen MR) is 112 cm³/mol. The van der Waals surface area contributed by atoms with E-state index in [1.807, 2.05) is 0 Å². The van der Waals surface area contributed by atoms with Gasteiger partial charge in [-0.25, -0.2) is 4.79 Å². The molecular formula is C22H18N4O5. The maximum atomic E-state index is 12.2. The van der Waals surface area contributed by atoms with Crippen molar-refractivity contribution < 1.29 is 19.2 Å². The quantitative estimate of drug-likeness (QED) is 0.285. The van der Waals surface area contributed by atoms with E-state index in [4.69, 9.17) is 4.74 Å². The van der Waals surface area contributed by atoms with Crippen LogP contribution in [-0.4, -0.2) is 33.7 Å². The van der Waals surface area contributed by atoms with Crippen molar-refractivity contribution in [1.82, 2.24) is 9.78 Å². The summed E-state index contributed by atoms with van der Waals surface area (Å²) < 4.78 is 6.05. The zero-order chi connectivity index (χ0) is 22.2. The number of hydrogen-bond donors (Lipinski definition) is 1. The van der Waals surface area contributed by atoms with E-state index in [-0.39, 0.29) is 24.6 Å². The van der Waals surface area contributed by atoms with Crippen LogP contribution in [0.2, 0.25) is 0 Å². The SMILES string of the molecule is COC(=O)c1cccc(C#Cc2cccc(NC(=O)CCn3cc([N+](=O)[O-])cn3)c2)c1. The molecule has 3 rings (SSSR count). The molecular weight excluding hydrogens is 400 g/mol. The molecule has 9 heteroatoms. The van der Waals surface area contributed by atoms with Gasteiger partial charge in [0, 0.05) is 29.8 Å². The first-order valence-electron chi connectivity index (χ1n) is 9.22. The summed E-state index contributed by atoms with van der Waals surface area (Å²) in [6, 6.07) is 13.8. The highest BCUT2D eigenvalue weighted by atomic mass is 16.6. The molecule has 0 atom stereocenters. The van der Waals surface area contributed by atoms with Gasteiger partial charge in [-0.1, -0.05) is 24.0 Å². The molecule has 2 aromatic carbocycles. The number of nitro groups is 1. The van der Waals surface area contributed by atoms with E-state index in [0.717, 1.165) is 6.20 Å². The summed E-state index contributed by atoms with van der Waals surface area (Å²) in [5.74, 6) is 5.29. The Kier molecular flexibility index (Phi) is 6.75. The molecule has 0 bridgehead atoms. The Balaban J connectivity index is 1.61. The number of aromatic nitrogens is 2. The minimum atomic E-state index is -0.540. The van der Waals surface area contributed by atoms with Crippen LogP contribution in [0.1, 0.15) is 27.9 Å². The molecule has 0 aliphatic heterocycles. The van der Waals surface area contributed by atoms with Crippen molar-refractivity contribution in [2.24, 2.45) is 0 Å². The van der Waals surface area contributed by atoms with Crippen LogP contribution in [0.3, 0.4) is 0 Å². The lowest BCUT2D eigenvalue weighted by atomic mass is 10.1. The van der Waals surface area contributed by atoms with Crippen LogP contribution < -0.4 is 5.32 Å². The summed E-state index contributed by atoms with van der Waals surface area (Å²) in [6.45, 7) is 0.218. The minimum absolute atomic E-state index is 0.106. The fourth-order valence-electron chi connectivity index (χ4n) is 2.67. The van der Waals surface area contributed by atoms with Gasteiger partial charge in [0.05, 0.1) is 17.6 Å². The van der Waals surface area contributed by atoms with Crippen LogP contribution >= 0.6 is 0 Å². The van der Waals surface area contributed by atoms with Gasteiger partial charge in [-0.2, -0.15) is 5.10 Å². The number of hydrogen-bond acceptors (Lipinski definition) is 6. The third-order valence-electron chi connectivity index (χ3n) is 4.18. The molecule has 9 nitrogen and oxygen atoms in total. The summed E-state index contributed by atoms with van der Waals surface area (Å²) >= 11 is 0. The topological polar surface area (TPSA) is 116 Å². The van der Waals surface area contributed by atoms with Crippen LogP contribution in [-0.2, 0) is 16.1 Å². The molecule has 0 radical (unpaired) electrons. The Morgan fingerprint density at radius 1 is 1.16 bits per heavy atom. The fourth-order valence-corrected chi connectivity index (χ4v) is 2.67. The van der Waals surface area contributed by atoms with Gasteiger partial charge < -0.3 is 10.1 Å². The zero-order valence-electron chi connectivity index (χ0n) is 16.6. The predicted octanol–water partition coefficient (Wildman–Crippen LogP) is 3.01. The average Bonchev–Trinajstić information content (AvgIpc) is 3.26. The van der Waals surface area contributed by atoms with E-state index in [0.29, 0.717) is 22.4 Å². The van der Waals surface area contributed by atoms with Crippen molar-refractivity contribution in [3.05, 3.63) is 87.7 Å². The van der Waals surface area contributed by atoms with Crippen molar-refractivity contribution in [2.75, 3.05) is 12.4 Å². The summed E-state index contributed by atoms with van der Waals surface area (Å²) in [5.41, 5.74) is 2.21. The Morgan fingerprint density at radius 3 is 2.55 bits per heavy atom. The lowest BCUT2D eigenvalue weighted by Crippen LogP contribution is -2.14. The number of nitrogens with one attached hydrogen (secondary N) is 1. The van der Waals surface area contributed by atoms with E-state index >= 15 is 0 Å². The molecule has 0 unspecified atom stereocenters. The first-order valence-corrected chi connectivity index (χ1v) is 9.22. The van der Waals surface area contributed by atoms with E-state index in [1.165, 1.54) is 18.0 Å². The Bertz CT molecular complexity index is 1190. The third-order valence-corrected chi connectivity index (χ3v) is 4.18. The minimum Gasteiger partial charge on any atom is -0.465 e. The number of anilines is 1. The molecule has 1 aromatic heterocycles. The number of aryl methyl sites for hydroxylation is 1. The molecule has 0 aliphatic carbocycles. The van der Waals surface area contributed by atoms with Gasteiger partial charge >= 0.3 is 11.7 Å². The smallest absolute Gasteiger partial charge is 0.337 e. The number of carbonyl (C=O) groups is 2. The van der Waals surface area contributed by atoms with Crippen LogP contribution in [0.5, 0.6) is 0 Å². The molecule has 1 N–H and O–H groups in total. The van der Waals surface area contributed by atoms with E-state index in [9.17, 15) is 19.7 Å². The number of nitrogens with zero attached hydrogens (tertiary/aromatic N) is 3. The number of benzene rings is 2. The number of carbonyl (C=O) groups excluding carboxylic acids is 2. The average molecular weight is 418 g/mol. The Hall–Kier alpha value is -4.45. The molecule has 156 valence electrons. The molecule has 0 saturated carbocycles. The number of amides is 1. The van der Waals surface area contributed by atoms with Gasteiger partial charge in [0.15, 0.2) is 0 Å². The molecule has 0 saturated heterocycles. The second kappa shape index (κ2) is 9.84. The van der Waals surface area contributed by atoms with Gasteiger partial charge in [0.1, 0.15) is 12.4 Å². The maximum absolute atomic E-state index is 12.2. The second-order valence-corrected chi connectivity index (χ2v) is 6.42. The number of esters is 1. The highest BCUT2D eigenvalue weighted by Crippen LogP contribution is 2.12. The Labute approximate surface area is 177 Å². The molecule has 1 heterocycles. The van der Waals surface area contributed by atoms with Gasteiger partial charge in [0.2, 0.25) is 5.91 Å². The molecule has 3 aromatic rings. The van der Waals surface area contributed by atoms with Crippen LogP contribution in [0, 0.1) is 22.0 Å². The number of rotatable bonds is 6. The second-order valence-electron chi connectivity index (χ2n) is 6.42. The van der Waals surface area contributed by atoms with E-state index in [1.54, 1.807) is 48.5 Å². The highest BCUT2D eigenvalue weighted by molar-refractivity contribution is 5.91. The van der Waals surface area contributed by atoms with E-state index < -0.39 is 10.9 Å². The van der Waals surface area contributed by atoms with Crippen molar-refractivity contribution in [1.29, 1.82) is 0 Å². The maximum Gasteiger partial charge on any atom is 0.337 e. The monoisotopic (exact) mass is 418 g/mol. The summed E-state index contributed by atoms with van der Waals surface area (Å²) in [6.07, 6.45) is 2.52. The van der Waals surface area contributed by atoms with Gasteiger partial charge in [0.25, 0.3) is 0 Å². The molecule has 31 heavy (non-hydrogen) atoms. The van der Waals surface area contributed by atoms with Gasteiger partial charge in [-0.15, -0.1) is 0 Å². The lowest BCUT2D eigenvalue weighted by molar-refractivity contribution is -0.385. The van der Waals surface area contributed by atoms with Crippen LogP contribution in [0.25, 0.3) is 0 Å². The lowest BCUT2D eigenvalue weighted by Gasteiger charge is -2.05. The molecule has 0 aliphatic rings. The van der Waals surface area contributed by atoms with Crippen molar-refractivity contribution >= 4 is 23.3 Å². The number of methoxy groups -OCH3 is 1. The highest BCUT2D eigenvalue weighted by Gasteiger charge is 2.10. The molecule has 0 fully saturated rings. The van der Waals surface area contributed by atoms with Crippen LogP contribution in [0.15, 0.2) is 60.9 Å². The Morgan fingerprint density at radius 2 is 1.87 bits per heavy atom. The molecule has 1 amide bonds. The summed E-state index contributed by atoms with van der Waals surface area (Å²) in [4.78, 5) is 33.9. The summed E-state index contributed by atoms with van der Waals surface area (Å²) in [5, 5.41) is 17.3. The zero-order valence-corrected chi connectivity index (χ0v) is 16.6. The van der Waals surface area contributed by atoms with Crippen molar-refractivity contribution in [3.63, 3.8) is 0 Å². The molecule has 0 spiro atoms. The van der Waals surface area contributed by atoms with Gasteiger partial charge in [-0.05, 0) is 36.4 Å². The van der Waals surface area contributed by atoms with E-state index in [2.05, 4.69) is 22.3 Å². The third kappa shape index (κ3) is 6.01. The summed E-state index contributed by atoms with van der Waals surface area (Å²) in [7, 11) is 1.32. The van der Waals surface area contributed by atoms with Crippen LogP contribution in [0.4, 0.5) is 11.4 Å². The van der Waals surface area contributed by atoms with Crippen molar-refractivity contribution in [2.45, 2.75) is 13.0 Å². The van der Waals surface area contributed by atoms with Crippen molar-refractivity contribution in [3.8, 4) is 11.8 Å². The standard InChI is InChI=1S/C22H18N4O5/c1-31-22(28)18-6-2-4-16(12-18)8-9-17-5-3-7-19(13-17)24-21(27)10-11-25-15-20(14-23-25)26(29)30/h2-7,12-15H,10-11H2,1H3,(H,24,27). The largest absolute Gasteiger partial charge is 0.465 e. The van der Waals surface area contributed by atoms with Gasteiger partial charge in [-0.3, -0.25) is 19.6 Å². The normalized spacial score (nSPS) is 9.97. The number of ether oxygens (including phenoxy) is 1. The first-order chi connectivity index (χ1) is 14.9.